The average Bonchev–Trinajstić information content (AvgIpc) is 3.09. The number of esters is 1. The molecule has 1 aromatic heterocycles. The average molecular weight is 405 g/mol. The molecule has 5 nitrogen and oxygen atoms in total. The van der Waals surface area contributed by atoms with E-state index in [9.17, 15) is 9.59 Å². The number of aromatic nitrogens is 1. The third kappa shape index (κ3) is 5.56. The maximum Gasteiger partial charge on any atom is 0.339 e. The maximum absolute atomic E-state index is 12.5. The number of thiazole rings is 1. The van der Waals surface area contributed by atoms with Crippen LogP contribution >= 0.6 is 23.1 Å². The highest BCUT2D eigenvalue weighted by atomic mass is 32.2. The Morgan fingerprint density at radius 1 is 1.37 bits per heavy atom. The van der Waals surface area contributed by atoms with Crippen LogP contribution in [-0.2, 0) is 15.3 Å². The quantitative estimate of drug-likeness (QED) is 0.534. The SMILES string of the molecule is Cc1nc(CSc2ccccc2C(=O)OCC(=O)N2CCCC(C)C2)cs1. The molecule has 1 unspecified atom stereocenters. The highest BCUT2D eigenvalue weighted by Gasteiger charge is 2.22. The van der Waals surface area contributed by atoms with Gasteiger partial charge < -0.3 is 9.64 Å². The van der Waals surface area contributed by atoms with E-state index in [2.05, 4.69) is 11.9 Å². The van der Waals surface area contributed by atoms with Gasteiger partial charge in [-0.1, -0.05) is 19.1 Å². The predicted molar refractivity (Wildman–Crippen MR) is 108 cm³/mol. The van der Waals surface area contributed by atoms with Crippen molar-refractivity contribution in [3.8, 4) is 0 Å². The number of benzene rings is 1. The number of aryl methyl sites for hydroxylation is 1. The first kappa shape index (κ1) is 19.9. The number of thioether (sulfide) groups is 1. The third-order valence-electron chi connectivity index (χ3n) is 4.49. The lowest BCUT2D eigenvalue weighted by Crippen LogP contribution is -2.41. The highest BCUT2D eigenvalue weighted by molar-refractivity contribution is 7.98. The number of hydrogen-bond donors (Lipinski definition) is 0. The van der Waals surface area contributed by atoms with Crippen molar-refractivity contribution in [2.75, 3.05) is 19.7 Å². The Hall–Kier alpha value is -1.86. The fourth-order valence-electron chi connectivity index (χ4n) is 3.10. The van der Waals surface area contributed by atoms with Gasteiger partial charge in [-0.15, -0.1) is 23.1 Å². The van der Waals surface area contributed by atoms with Gasteiger partial charge in [0.2, 0.25) is 0 Å². The minimum absolute atomic E-state index is 0.113. The fraction of sp³-hybridized carbons (Fsp3) is 0.450. The minimum Gasteiger partial charge on any atom is -0.452 e. The first-order chi connectivity index (χ1) is 13.0. The topological polar surface area (TPSA) is 59.5 Å². The summed E-state index contributed by atoms with van der Waals surface area (Å²) in [5.41, 5.74) is 1.49. The van der Waals surface area contributed by atoms with Gasteiger partial charge in [0.05, 0.1) is 16.3 Å². The number of carbonyl (C=O) groups excluding carboxylic acids is 2. The lowest BCUT2D eigenvalue weighted by molar-refractivity contribution is -0.136. The van der Waals surface area contributed by atoms with E-state index in [1.54, 1.807) is 34.1 Å². The number of piperidine rings is 1. The van der Waals surface area contributed by atoms with Crippen molar-refractivity contribution in [3.63, 3.8) is 0 Å². The molecule has 0 radical (unpaired) electrons. The van der Waals surface area contributed by atoms with E-state index in [1.165, 1.54) is 0 Å². The van der Waals surface area contributed by atoms with Crippen LogP contribution in [-0.4, -0.2) is 41.5 Å². The third-order valence-corrected chi connectivity index (χ3v) is 6.41. The van der Waals surface area contributed by atoms with Gasteiger partial charge >= 0.3 is 5.97 Å². The van der Waals surface area contributed by atoms with Crippen molar-refractivity contribution in [1.82, 2.24) is 9.88 Å². The molecule has 0 spiro atoms. The van der Waals surface area contributed by atoms with Crippen LogP contribution in [0.25, 0.3) is 0 Å². The molecule has 1 atom stereocenters. The molecule has 0 aliphatic carbocycles. The van der Waals surface area contributed by atoms with E-state index in [1.807, 2.05) is 30.5 Å². The van der Waals surface area contributed by atoms with Gasteiger partial charge in [0.15, 0.2) is 6.61 Å². The minimum atomic E-state index is -0.453. The van der Waals surface area contributed by atoms with Crippen LogP contribution < -0.4 is 0 Å². The zero-order chi connectivity index (χ0) is 19.2. The Morgan fingerprint density at radius 3 is 2.93 bits per heavy atom. The summed E-state index contributed by atoms with van der Waals surface area (Å²) in [5.74, 6) is 0.632. The number of rotatable bonds is 6. The van der Waals surface area contributed by atoms with E-state index < -0.39 is 5.97 Å². The molecule has 0 saturated carbocycles. The van der Waals surface area contributed by atoms with Crippen LogP contribution in [0.3, 0.4) is 0 Å². The van der Waals surface area contributed by atoms with Gasteiger partial charge in [0.1, 0.15) is 0 Å². The molecule has 2 heterocycles. The summed E-state index contributed by atoms with van der Waals surface area (Å²) < 4.78 is 5.32. The molecule has 0 N–H and O–H groups in total. The van der Waals surface area contributed by atoms with E-state index >= 15 is 0 Å². The first-order valence-corrected chi connectivity index (χ1v) is 11.0. The molecule has 1 aliphatic heterocycles. The summed E-state index contributed by atoms with van der Waals surface area (Å²) in [5, 5.41) is 3.06. The van der Waals surface area contributed by atoms with Crippen molar-refractivity contribution >= 4 is 35.0 Å². The highest BCUT2D eigenvalue weighted by Crippen LogP contribution is 2.27. The molecule has 1 amide bonds. The Balaban J connectivity index is 1.57. The Morgan fingerprint density at radius 2 is 2.19 bits per heavy atom. The molecular weight excluding hydrogens is 380 g/mol. The van der Waals surface area contributed by atoms with Crippen LogP contribution in [0, 0.1) is 12.8 Å². The van der Waals surface area contributed by atoms with Crippen molar-refractivity contribution in [2.45, 2.75) is 37.3 Å². The van der Waals surface area contributed by atoms with E-state index in [0.717, 1.165) is 41.5 Å². The number of carbonyl (C=O) groups is 2. The van der Waals surface area contributed by atoms with Crippen LogP contribution in [0.2, 0.25) is 0 Å². The summed E-state index contributed by atoms with van der Waals surface area (Å²) in [6.07, 6.45) is 2.16. The molecule has 7 heteroatoms. The number of nitrogens with zero attached hydrogens (tertiary/aromatic N) is 2. The van der Waals surface area contributed by atoms with Crippen molar-refractivity contribution < 1.29 is 14.3 Å². The van der Waals surface area contributed by atoms with E-state index in [-0.39, 0.29) is 12.5 Å². The zero-order valence-electron chi connectivity index (χ0n) is 15.6. The van der Waals surface area contributed by atoms with Crippen LogP contribution in [0.1, 0.15) is 40.8 Å². The second-order valence-electron chi connectivity index (χ2n) is 6.81. The van der Waals surface area contributed by atoms with Crippen molar-refractivity contribution in [2.24, 2.45) is 5.92 Å². The van der Waals surface area contributed by atoms with Gasteiger partial charge in [0.25, 0.3) is 5.91 Å². The number of likely N-dealkylation sites (tertiary alicyclic amines) is 1. The van der Waals surface area contributed by atoms with Gasteiger partial charge in [-0.25, -0.2) is 9.78 Å². The van der Waals surface area contributed by atoms with Gasteiger partial charge in [-0.2, -0.15) is 0 Å². The molecule has 1 aliphatic rings. The lowest BCUT2D eigenvalue weighted by atomic mass is 10.0. The molecular formula is C20H24N2O3S2. The second kappa shape index (κ2) is 9.37. The Bertz CT molecular complexity index is 806. The summed E-state index contributed by atoms with van der Waals surface area (Å²) >= 11 is 3.17. The smallest absolute Gasteiger partial charge is 0.339 e. The Labute approximate surface area is 168 Å². The summed E-state index contributed by atoms with van der Waals surface area (Å²) in [4.78, 5) is 31.9. The molecule has 2 aromatic rings. The fourth-order valence-corrected chi connectivity index (χ4v) is 4.75. The van der Waals surface area contributed by atoms with E-state index in [0.29, 0.717) is 17.2 Å². The summed E-state index contributed by atoms with van der Waals surface area (Å²) in [6, 6.07) is 7.34. The van der Waals surface area contributed by atoms with Crippen LogP contribution in [0.5, 0.6) is 0 Å². The normalized spacial score (nSPS) is 17.0. The monoisotopic (exact) mass is 404 g/mol. The number of ether oxygens (including phenoxy) is 1. The van der Waals surface area contributed by atoms with Gasteiger partial charge in [-0.05, 0) is 37.8 Å². The largest absolute Gasteiger partial charge is 0.452 e. The van der Waals surface area contributed by atoms with Gasteiger partial charge in [0, 0.05) is 29.1 Å². The molecule has 0 bridgehead atoms. The van der Waals surface area contributed by atoms with Gasteiger partial charge in [-0.3, -0.25) is 4.79 Å². The molecule has 144 valence electrons. The van der Waals surface area contributed by atoms with Crippen LogP contribution in [0.15, 0.2) is 34.5 Å². The zero-order valence-corrected chi connectivity index (χ0v) is 17.3. The molecule has 3 rings (SSSR count). The molecule has 1 fully saturated rings. The Kier molecular flexibility index (Phi) is 6.90. The first-order valence-electron chi connectivity index (χ1n) is 9.10. The number of hydrogen-bond acceptors (Lipinski definition) is 6. The number of amides is 1. The maximum atomic E-state index is 12.5. The standard InChI is InChI=1S/C20H24N2O3S2/c1-14-6-5-9-22(10-14)19(23)11-25-20(24)17-7-3-4-8-18(17)27-13-16-12-26-15(2)21-16/h3-4,7-8,12,14H,5-6,9-11,13H2,1-2H3. The second-order valence-corrected chi connectivity index (χ2v) is 8.89. The molecule has 1 aromatic carbocycles. The van der Waals surface area contributed by atoms with Crippen LogP contribution in [0.4, 0.5) is 0 Å². The lowest BCUT2D eigenvalue weighted by Gasteiger charge is -2.30. The van der Waals surface area contributed by atoms with Crippen molar-refractivity contribution in [1.29, 1.82) is 0 Å². The summed E-state index contributed by atoms with van der Waals surface area (Å²) in [6.45, 7) is 5.42. The molecule has 1 saturated heterocycles. The molecule has 27 heavy (non-hydrogen) atoms. The van der Waals surface area contributed by atoms with Crippen molar-refractivity contribution in [3.05, 3.63) is 45.9 Å². The summed E-state index contributed by atoms with van der Waals surface area (Å²) in [7, 11) is 0. The van der Waals surface area contributed by atoms with E-state index in [4.69, 9.17) is 4.74 Å². The predicted octanol–water partition coefficient (Wildman–Crippen LogP) is 4.16.